The van der Waals surface area contributed by atoms with E-state index in [1.54, 1.807) is 0 Å². The molecule has 0 amide bonds. The average molecular weight is 450 g/mol. The molecule has 0 aliphatic carbocycles. The summed E-state index contributed by atoms with van der Waals surface area (Å²) < 4.78 is 0. The zero-order valence-electron chi connectivity index (χ0n) is 20.1. The number of nitrogens with zero attached hydrogens (tertiary/aromatic N) is 1. The normalized spacial score (nSPS) is 12.1. The van der Waals surface area contributed by atoms with Crippen LogP contribution in [0, 0.1) is 6.92 Å². The molecule has 0 unspecified atom stereocenters. The maximum absolute atomic E-state index is 9.68. The molecule has 0 fully saturated rings. The summed E-state index contributed by atoms with van der Waals surface area (Å²) >= 11 is 0. The number of benzene rings is 4. The fourth-order valence-electron chi connectivity index (χ4n) is 4.80. The summed E-state index contributed by atoms with van der Waals surface area (Å²) in [5.41, 5.74) is 8.02. The van der Waals surface area contributed by atoms with Gasteiger partial charge in [0.2, 0.25) is 0 Å². The average Bonchev–Trinajstić information content (AvgIpc) is 2.88. The Morgan fingerprint density at radius 3 is 2.00 bits per heavy atom. The Labute approximate surface area is 204 Å². The fourth-order valence-corrected chi connectivity index (χ4v) is 4.80. The minimum atomic E-state index is 0.180. The van der Waals surface area contributed by atoms with Crippen molar-refractivity contribution < 1.29 is 5.11 Å². The van der Waals surface area contributed by atoms with Crippen molar-refractivity contribution in [1.82, 2.24) is 4.90 Å². The van der Waals surface area contributed by atoms with Crippen molar-refractivity contribution >= 4 is 0 Å². The van der Waals surface area contributed by atoms with Crippen LogP contribution in [0.2, 0.25) is 0 Å². The van der Waals surface area contributed by atoms with E-state index < -0.39 is 0 Å². The minimum absolute atomic E-state index is 0.180. The second-order valence-electron chi connectivity index (χ2n) is 9.06. The van der Waals surface area contributed by atoms with E-state index in [1.165, 1.54) is 33.4 Å². The maximum Gasteiger partial charge on any atom is 0.0558 e. The predicted molar refractivity (Wildman–Crippen MR) is 143 cm³/mol. The van der Waals surface area contributed by atoms with E-state index in [-0.39, 0.29) is 6.61 Å². The van der Waals surface area contributed by atoms with Crippen molar-refractivity contribution in [3.05, 3.63) is 131 Å². The highest BCUT2D eigenvalue weighted by molar-refractivity contribution is 5.70. The third-order valence-electron chi connectivity index (χ3n) is 6.65. The van der Waals surface area contributed by atoms with Gasteiger partial charge in [0.1, 0.15) is 0 Å². The molecule has 34 heavy (non-hydrogen) atoms. The van der Waals surface area contributed by atoms with Crippen LogP contribution in [-0.4, -0.2) is 29.7 Å². The van der Waals surface area contributed by atoms with Gasteiger partial charge in [0.25, 0.3) is 0 Å². The molecule has 0 saturated carbocycles. The first-order chi connectivity index (χ1) is 16.7. The lowest BCUT2D eigenvalue weighted by molar-refractivity contribution is 0.185. The van der Waals surface area contributed by atoms with Gasteiger partial charge in [0.05, 0.1) is 6.61 Å². The van der Waals surface area contributed by atoms with Gasteiger partial charge in [-0.05, 0) is 65.6 Å². The third kappa shape index (κ3) is 6.44. The van der Waals surface area contributed by atoms with Crippen LogP contribution in [0.25, 0.3) is 11.1 Å². The van der Waals surface area contributed by atoms with Crippen LogP contribution < -0.4 is 0 Å². The van der Waals surface area contributed by atoms with Crippen molar-refractivity contribution in [2.24, 2.45) is 0 Å². The van der Waals surface area contributed by atoms with Crippen molar-refractivity contribution in [3.8, 4) is 11.1 Å². The van der Waals surface area contributed by atoms with Gasteiger partial charge in [0.15, 0.2) is 0 Å². The first-order valence-corrected chi connectivity index (χ1v) is 12.3. The van der Waals surface area contributed by atoms with Gasteiger partial charge in [-0.3, -0.25) is 4.90 Å². The molecule has 0 heterocycles. The lowest BCUT2D eigenvalue weighted by atomic mass is 9.85. The summed E-state index contributed by atoms with van der Waals surface area (Å²) in [7, 11) is 0. The Morgan fingerprint density at radius 1 is 0.676 bits per heavy atom. The Kier molecular flexibility index (Phi) is 8.67. The zero-order valence-corrected chi connectivity index (χ0v) is 20.1. The van der Waals surface area contributed by atoms with E-state index in [2.05, 4.69) is 121 Å². The van der Waals surface area contributed by atoms with E-state index in [1.807, 2.05) is 0 Å². The standard InChI is InChI=1S/C32H35NO/c1-26-12-8-10-18-31(26)32-19-11-9-17-30(32)24-29(28-15-6-3-7-16-28)20-21-33(22-23-34)25-27-13-4-2-5-14-27/h2-19,29,34H,20-25H2,1H3/t29-/m0/s1. The summed E-state index contributed by atoms with van der Waals surface area (Å²) in [6.07, 6.45) is 2.03. The summed E-state index contributed by atoms with van der Waals surface area (Å²) in [5.74, 6) is 0.406. The number of aliphatic hydroxyl groups excluding tert-OH is 1. The lowest BCUT2D eigenvalue weighted by Gasteiger charge is -2.26. The van der Waals surface area contributed by atoms with E-state index in [0.717, 1.165) is 25.9 Å². The van der Waals surface area contributed by atoms with Gasteiger partial charge in [-0.2, -0.15) is 0 Å². The van der Waals surface area contributed by atoms with Gasteiger partial charge in [-0.15, -0.1) is 0 Å². The van der Waals surface area contributed by atoms with Crippen LogP contribution in [0.1, 0.15) is 34.6 Å². The molecule has 1 atom stereocenters. The zero-order chi connectivity index (χ0) is 23.6. The second-order valence-corrected chi connectivity index (χ2v) is 9.06. The van der Waals surface area contributed by atoms with Gasteiger partial charge in [-0.1, -0.05) is 109 Å². The highest BCUT2D eigenvalue weighted by Crippen LogP contribution is 2.32. The quantitative estimate of drug-likeness (QED) is 0.270. The number of hydrogen-bond donors (Lipinski definition) is 1. The summed E-state index contributed by atoms with van der Waals surface area (Å²) in [6, 6.07) is 39.0. The van der Waals surface area contributed by atoms with Crippen LogP contribution in [0.5, 0.6) is 0 Å². The van der Waals surface area contributed by atoms with Crippen molar-refractivity contribution in [2.75, 3.05) is 19.7 Å². The van der Waals surface area contributed by atoms with Gasteiger partial charge < -0.3 is 5.11 Å². The van der Waals surface area contributed by atoms with Gasteiger partial charge in [0, 0.05) is 13.1 Å². The lowest BCUT2D eigenvalue weighted by Crippen LogP contribution is -2.29. The molecule has 4 aromatic carbocycles. The maximum atomic E-state index is 9.68. The van der Waals surface area contributed by atoms with Crippen LogP contribution >= 0.6 is 0 Å². The Balaban J connectivity index is 1.57. The predicted octanol–water partition coefficient (Wildman–Crippen LogP) is 6.87. The molecule has 4 aromatic rings. The molecular weight excluding hydrogens is 414 g/mol. The molecule has 2 nitrogen and oxygen atoms in total. The van der Waals surface area contributed by atoms with Crippen LogP contribution in [-0.2, 0) is 13.0 Å². The molecule has 0 aliphatic heterocycles. The Morgan fingerprint density at radius 2 is 1.29 bits per heavy atom. The molecule has 0 radical (unpaired) electrons. The number of aryl methyl sites for hydroxylation is 1. The van der Waals surface area contributed by atoms with Crippen LogP contribution in [0.3, 0.4) is 0 Å². The third-order valence-corrected chi connectivity index (χ3v) is 6.65. The van der Waals surface area contributed by atoms with Gasteiger partial charge >= 0.3 is 0 Å². The molecule has 0 spiro atoms. The Hall–Kier alpha value is -3.20. The fraction of sp³-hybridized carbons (Fsp3) is 0.250. The summed E-state index contributed by atoms with van der Waals surface area (Å²) in [6.45, 7) is 4.87. The number of rotatable bonds is 11. The molecule has 174 valence electrons. The molecule has 0 bridgehead atoms. The molecule has 0 saturated heterocycles. The molecule has 0 aliphatic rings. The van der Waals surface area contributed by atoms with Gasteiger partial charge in [-0.25, -0.2) is 0 Å². The first-order valence-electron chi connectivity index (χ1n) is 12.3. The highest BCUT2D eigenvalue weighted by atomic mass is 16.3. The first kappa shape index (κ1) is 23.9. The van der Waals surface area contributed by atoms with Crippen molar-refractivity contribution in [2.45, 2.75) is 32.2 Å². The topological polar surface area (TPSA) is 23.5 Å². The molecule has 2 heteroatoms. The van der Waals surface area contributed by atoms with E-state index >= 15 is 0 Å². The van der Waals surface area contributed by atoms with E-state index in [4.69, 9.17) is 0 Å². The SMILES string of the molecule is Cc1ccccc1-c1ccccc1C[C@H](CCN(CCO)Cc1ccccc1)c1ccccc1. The minimum Gasteiger partial charge on any atom is -0.395 e. The molecule has 0 aromatic heterocycles. The van der Waals surface area contributed by atoms with Crippen LogP contribution in [0.15, 0.2) is 109 Å². The number of hydrogen-bond acceptors (Lipinski definition) is 2. The van der Waals surface area contributed by atoms with E-state index in [0.29, 0.717) is 12.5 Å². The van der Waals surface area contributed by atoms with Crippen LogP contribution in [0.4, 0.5) is 0 Å². The smallest absolute Gasteiger partial charge is 0.0558 e. The number of aliphatic hydroxyl groups is 1. The highest BCUT2D eigenvalue weighted by Gasteiger charge is 2.17. The largest absolute Gasteiger partial charge is 0.395 e. The van der Waals surface area contributed by atoms with Crippen molar-refractivity contribution in [3.63, 3.8) is 0 Å². The Bertz CT molecular complexity index is 1140. The van der Waals surface area contributed by atoms with Crippen molar-refractivity contribution in [1.29, 1.82) is 0 Å². The molecule has 1 N–H and O–H groups in total. The second kappa shape index (κ2) is 12.3. The summed E-state index contributed by atoms with van der Waals surface area (Å²) in [4.78, 5) is 2.37. The molecule has 4 rings (SSSR count). The van der Waals surface area contributed by atoms with E-state index in [9.17, 15) is 5.11 Å². The monoisotopic (exact) mass is 449 g/mol. The summed E-state index contributed by atoms with van der Waals surface area (Å²) in [5, 5.41) is 9.68. The molecular formula is C32H35NO.